The van der Waals surface area contributed by atoms with Crippen molar-refractivity contribution in [2.75, 3.05) is 4.72 Å². The summed E-state index contributed by atoms with van der Waals surface area (Å²) in [6.45, 7) is 2.12. The molecule has 0 heterocycles. The second-order valence-electron chi connectivity index (χ2n) is 7.63. The van der Waals surface area contributed by atoms with Crippen LogP contribution in [0.2, 0.25) is 0 Å². The molecule has 162 valence electrons. The van der Waals surface area contributed by atoms with Crippen molar-refractivity contribution in [2.24, 2.45) is 0 Å². The van der Waals surface area contributed by atoms with Gasteiger partial charge in [0, 0.05) is 0 Å². The van der Waals surface area contributed by atoms with Crippen LogP contribution in [0.25, 0.3) is 21.9 Å². The van der Waals surface area contributed by atoms with Crippen LogP contribution in [-0.2, 0) is 16.4 Å². The molecule has 0 fully saturated rings. The fourth-order valence-corrected chi connectivity index (χ4v) is 4.80. The quantitative estimate of drug-likeness (QED) is 0.368. The number of hydrogen-bond donors (Lipinski definition) is 2. The maximum Gasteiger partial charge on any atom is 0.337 e. The van der Waals surface area contributed by atoms with Gasteiger partial charge in [0.25, 0.3) is 10.0 Å². The Morgan fingerprint density at radius 2 is 1.53 bits per heavy atom. The number of benzene rings is 4. The van der Waals surface area contributed by atoms with E-state index in [4.69, 9.17) is 0 Å². The standard InChI is InChI=1S/C26H23NO4S/c1-2-5-18-8-10-20(11-9-18)22-13-15-25(24(17-22)26(28)29)27-32(30,31)23-14-12-19-6-3-4-7-21(19)16-23/h3-4,6-17,27H,2,5H2,1H3,(H,28,29). The molecule has 0 radical (unpaired) electrons. The number of aromatic carboxylic acids is 1. The van der Waals surface area contributed by atoms with E-state index in [1.165, 1.54) is 23.8 Å². The molecule has 4 aromatic rings. The Morgan fingerprint density at radius 3 is 2.22 bits per heavy atom. The number of anilines is 1. The lowest BCUT2D eigenvalue weighted by molar-refractivity contribution is 0.0698. The summed E-state index contributed by atoms with van der Waals surface area (Å²) in [6, 6.07) is 24.9. The van der Waals surface area contributed by atoms with Crippen molar-refractivity contribution in [2.45, 2.75) is 24.7 Å². The Morgan fingerprint density at radius 1 is 0.844 bits per heavy atom. The highest BCUT2D eigenvalue weighted by Crippen LogP contribution is 2.28. The molecule has 0 atom stereocenters. The average molecular weight is 446 g/mol. The van der Waals surface area contributed by atoms with Gasteiger partial charge in [-0.3, -0.25) is 4.72 Å². The summed E-state index contributed by atoms with van der Waals surface area (Å²) >= 11 is 0. The molecule has 0 saturated heterocycles. The van der Waals surface area contributed by atoms with Crippen molar-refractivity contribution in [3.05, 3.63) is 96.1 Å². The summed E-state index contributed by atoms with van der Waals surface area (Å²) in [6.07, 6.45) is 2.03. The van der Waals surface area contributed by atoms with Crippen molar-refractivity contribution in [1.29, 1.82) is 0 Å². The fraction of sp³-hybridized carbons (Fsp3) is 0.115. The predicted molar refractivity (Wildman–Crippen MR) is 128 cm³/mol. The predicted octanol–water partition coefficient (Wildman–Crippen LogP) is 5.96. The number of rotatable bonds is 7. The van der Waals surface area contributed by atoms with Crippen molar-refractivity contribution < 1.29 is 18.3 Å². The molecule has 0 aliphatic carbocycles. The zero-order valence-corrected chi connectivity index (χ0v) is 18.4. The average Bonchev–Trinajstić information content (AvgIpc) is 2.79. The van der Waals surface area contributed by atoms with E-state index in [0.29, 0.717) is 5.56 Å². The van der Waals surface area contributed by atoms with Gasteiger partial charge in [0.15, 0.2) is 0 Å². The monoisotopic (exact) mass is 445 g/mol. The van der Waals surface area contributed by atoms with Crippen LogP contribution in [0.3, 0.4) is 0 Å². The lowest BCUT2D eigenvalue weighted by Gasteiger charge is -2.13. The van der Waals surface area contributed by atoms with E-state index in [0.717, 1.165) is 29.2 Å². The zero-order chi connectivity index (χ0) is 22.7. The number of fused-ring (bicyclic) bond motifs is 1. The third kappa shape index (κ3) is 4.50. The minimum absolute atomic E-state index is 0.0250. The third-order valence-corrected chi connectivity index (χ3v) is 6.71. The Hall–Kier alpha value is -3.64. The maximum atomic E-state index is 13.0. The molecule has 0 aromatic heterocycles. The number of carboxylic acids is 1. The molecule has 5 nitrogen and oxygen atoms in total. The topological polar surface area (TPSA) is 83.5 Å². The van der Waals surface area contributed by atoms with Gasteiger partial charge in [0.1, 0.15) is 0 Å². The van der Waals surface area contributed by atoms with E-state index in [-0.39, 0.29) is 16.1 Å². The number of carboxylic acid groups (broad SMARTS) is 1. The minimum atomic E-state index is -3.96. The molecule has 0 unspecified atom stereocenters. The SMILES string of the molecule is CCCc1ccc(-c2ccc(NS(=O)(=O)c3ccc4ccccc4c3)c(C(=O)O)c2)cc1. The van der Waals surface area contributed by atoms with Crippen LogP contribution >= 0.6 is 0 Å². The first kappa shape index (κ1) is 21.6. The first-order valence-corrected chi connectivity index (χ1v) is 11.8. The van der Waals surface area contributed by atoms with E-state index in [1.807, 2.05) is 48.5 Å². The molecular weight excluding hydrogens is 422 g/mol. The molecule has 32 heavy (non-hydrogen) atoms. The molecular formula is C26H23NO4S. The van der Waals surface area contributed by atoms with Crippen molar-refractivity contribution >= 4 is 32.5 Å². The second-order valence-corrected chi connectivity index (χ2v) is 9.31. The minimum Gasteiger partial charge on any atom is -0.478 e. The molecule has 2 N–H and O–H groups in total. The number of carbonyl (C=O) groups is 1. The molecule has 0 spiro atoms. The Kier molecular flexibility index (Phi) is 5.97. The maximum absolute atomic E-state index is 13.0. The van der Waals surface area contributed by atoms with Crippen LogP contribution in [-0.4, -0.2) is 19.5 Å². The normalized spacial score (nSPS) is 11.4. The van der Waals surface area contributed by atoms with Gasteiger partial charge in [0.2, 0.25) is 0 Å². The van der Waals surface area contributed by atoms with Gasteiger partial charge < -0.3 is 5.11 Å². The number of nitrogens with one attached hydrogen (secondary N) is 1. The summed E-state index contributed by atoms with van der Waals surface area (Å²) < 4.78 is 28.4. The lowest BCUT2D eigenvalue weighted by Crippen LogP contribution is -2.15. The second kappa shape index (κ2) is 8.85. The first-order valence-electron chi connectivity index (χ1n) is 10.4. The zero-order valence-electron chi connectivity index (χ0n) is 17.6. The molecule has 6 heteroatoms. The summed E-state index contributed by atoms with van der Waals surface area (Å²) in [5.74, 6) is -1.20. The first-order chi connectivity index (χ1) is 15.4. The summed E-state index contributed by atoms with van der Waals surface area (Å²) in [5, 5.41) is 11.4. The van der Waals surface area contributed by atoms with E-state index in [1.54, 1.807) is 18.2 Å². The molecule has 0 aliphatic heterocycles. The molecule has 0 bridgehead atoms. The van der Waals surface area contributed by atoms with Crippen LogP contribution in [0.15, 0.2) is 89.8 Å². The molecule has 4 rings (SSSR count). The summed E-state index contributed by atoms with van der Waals surface area (Å²) in [4.78, 5) is 12.0. The summed E-state index contributed by atoms with van der Waals surface area (Å²) in [5.41, 5.74) is 2.71. The van der Waals surface area contributed by atoms with Crippen LogP contribution < -0.4 is 4.72 Å². The highest BCUT2D eigenvalue weighted by molar-refractivity contribution is 7.92. The van der Waals surface area contributed by atoms with Gasteiger partial charge in [-0.05, 0) is 58.1 Å². The van der Waals surface area contributed by atoms with Gasteiger partial charge >= 0.3 is 5.97 Å². The van der Waals surface area contributed by atoms with E-state index >= 15 is 0 Å². The van der Waals surface area contributed by atoms with Gasteiger partial charge in [-0.2, -0.15) is 0 Å². The molecule has 0 saturated carbocycles. The lowest BCUT2D eigenvalue weighted by atomic mass is 10.00. The van der Waals surface area contributed by atoms with Crippen LogP contribution in [0.4, 0.5) is 5.69 Å². The van der Waals surface area contributed by atoms with Crippen molar-refractivity contribution in [3.63, 3.8) is 0 Å². The molecule has 0 aliphatic rings. The number of sulfonamides is 1. The van der Waals surface area contributed by atoms with Gasteiger partial charge in [-0.25, -0.2) is 13.2 Å². The van der Waals surface area contributed by atoms with Crippen molar-refractivity contribution in [1.82, 2.24) is 0 Å². The van der Waals surface area contributed by atoms with Crippen LogP contribution in [0.1, 0.15) is 29.3 Å². The molecule has 4 aromatic carbocycles. The highest BCUT2D eigenvalue weighted by Gasteiger charge is 2.19. The van der Waals surface area contributed by atoms with Crippen molar-refractivity contribution in [3.8, 4) is 11.1 Å². The summed E-state index contributed by atoms with van der Waals surface area (Å²) in [7, 11) is -3.96. The molecule has 0 amide bonds. The third-order valence-electron chi connectivity index (χ3n) is 5.35. The number of hydrogen-bond acceptors (Lipinski definition) is 3. The van der Waals surface area contributed by atoms with E-state index < -0.39 is 16.0 Å². The smallest absolute Gasteiger partial charge is 0.337 e. The van der Waals surface area contributed by atoms with E-state index in [9.17, 15) is 18.3 Å². The van der Waals surface area contributed by atoms with Crippen LogP contribution in [0, 0.1) is 0 Å². The van der Waals surface area contributed by atoms with Crippen LogP contribution in [0.5, 0.6) is 0 Å². The Labute approximate surface area is 187 Å². The fourth-order valence-electron chi connectivity index (χ4n) is 3.68. The Balaban J connectivity index is 1.67. The van der Waals surface area contributed by atoms with Gasteiger partial charge in [-0.1, -0.05) is 74.0 Å². The Bertz CT molecular complexity index is 1390. The largest absolute Gasteiger partial charge is 0.478 e. The van der Waals surface area contributed by atoms with E-state index in [2.05, 4.69) is 11.6 Å². The highest BCUT2D eigenvalue weighted by atomic mass is 32.2. The number of aryl methyl sites for hydroxylation is 1. The van der Waals surface area contributed by atoms with Gasteiger partial charge in [0.05, 0.1) is 16.1 Å². The van der Waals surface area contributed by atoms with Gasteiger partial charge in [-0.15, -0.1) is 0 Å².